The molecule has 0 unspecified atom stereocenters. The first-order valence-electron chi connectivity index (χ1n) is 7.12. The molecule has 3 rings (SSSR count). The lowest BCUT2D eigenvalue weighted by molar-refractivity contribution is 0.0526. The van der Waals surface area contributed by atoms with Gasteiger partial charge in [0, 0.05) is 16.6 Å². The van der Waals surface area contributed by atoms with Crippen LogP contribution >= 0.6 is 11.3 Å². The second-order valence-corrected chi connectivity index (χ2v) is 5.46. The standard InChI is InChI=1S/C16H15N3O3S/c1-2-21-16(20)11-3-5-13(6-4-11)17-9-14-18-15(19-22-14)12-7-8-23-10-12/h3-8,10,17H,2,9H2,1H3. The van der Waals surface area contributed by atoms with Crippen LogP contribution in [0.2, 0.25) is 0 Å². The Morgan fingerprint density at radius 3 is 2.83 bits per heavy atom. The fraction of sp³-hybridized carbons (Fsp3) is 0.188. The maximum atomic E-state index is 11.6. The molecule has 2 aromatic heterocycles. The van der Waals surface area contributed by atoms with E-state index in [0.717, 1.165) is 11.3 Å². The Morgan fingerprint density at radius 1 is 1.30 bits per heavy atom. The summed E-state index contributed by atoms with van der Waals surface area (Å²) < 4.78 is 10.2. The van der Waals surface area contributed by atoms with Gasteiger partial charge in [0.05, 0.1) is 18.7 Å². The molecule has 0 amide bonds. The SMILES string of the molecule is CCOC(=O)c1ccc(NCc2nc(-c3ccsc3)no2)cc1. The summed E-state index contributed by atoms with van der Waals surface area (Å²) in [6, 6.07) is 8.99. The maximum absolute atomic E-state index is 11.6. The topological polar surface area (TPSA) is 77.2 Å². The monoisotopic (exact) mass is 329 g/mol. The van der Waals surface area contributed by atoms with Gasteiger partial charge >= 0.3 is 5.97 Å². The molecule has 0 radical (unpaired) electrons. The van der Waals surface area contributed by atoms with Crippen LogP contribution in [0.5, 0.6) is 0 Å². The minimum Gasteiger partial charge on any atom is -0.462 e. The van der Waals surface area contributed by atoms with Crippen molar-refractivity contribution in [2.75, 3.05) is 11.9 Å². The molecule has 1 N–H and O–H groups in total. The van der Waals surface area contributed by atoms with Crippen LogP contribution in [-0.4, -0.2) is 22.7 Å². The summed E-state index contributed by atoms with van der Waals surface area (Å²) in [7, 11) is 0. The average molecular weight is 329 g/mol. The van der Waals surface area contributed by atoms with Gasteiger partial charge in [-0.25, -0.2) is 4.79 Å². The summed E-state index contributed by atoms with van der Waals surface area (Å²) in [4.78, 5) is 15.9. The Labute approximate surface area is 137 Å². The van der Waals surface area contributed by atoms with Gasteiger partial charge in [0.25, 0.3) is 0 Å². The number of nitrogens with zero attached hydrogens (tertiary/aromatic N) is 2. The highest BCUT2D eigenvalue weighted by Crippen LogP contribution is 2.19. The minimum absolute atomic E-state index is 0.323. The first-order valence-corrected chi connectivity index (χ1v) is 8.06. The van der Waals surface area contributed by atoms with Gasteiger partial charge in [0.2, 0.25) is 11.7 Å². The summed E-state index contributed by atoms with van der Waals surface area (Å²) >= 11 is 1.59. The third kappa shape index (κ3) is 3.75. The number of ether oxygens (including phenoxy) is 1. The van der Waals surface area contributed by atoms with Gasteiger partial charge in [-0.15, -0.1) is 0 Å². The third-order valence-electron chi connectivity index (χ3n) is 3.09. The summed E-state index contributed by atoms with van der Waals surface area (Å²) in [6.07, 6.45) is 0. The second kappa shape index (κ2) is 7.06. The Hall–Kier alpha value is -2.67. The van der Waals surface area contributed by atoms with Gasteiger partial charge in [-0.2, -0.15) is 16.3 Å². The number of hydrogen-bond acceptors (Lipinski definition) is 7. The number of nitrogens with one attached hydrogen (secondary N) is 1. The van der Waals surface area contributed by atoms with Crippen LogP contribution in [-0.2, 0) is 11.3 Å². The fourth-order valence-electron chi connectivity index (χ4n) is 1.95. The highest BCUT2D eigenvalue weighted by molar-refractivity contribution is 7.08. The molecule has 0 aliphatic rings. The van der Waals surface area contributed by atoms with Gasteiger partial charge in [-0.1, -0.05) is 5.16 Å². The summed E-state index contributed by atoms with van der Waals surface area (Å²) in [6.45, 7) is 2.56. The molecule has 118 valence electrons. The number of hydrogen-bond donors (Lipinski definition) is 1. The largest absolute Gasteiger partial charge is 0.462 e. The van der Waals surface area contributed by atoms with Crippen LogP contribution in [0, 0.1) is 0 Å². The maximum Gasteiger partial charge on any atom is 0.338 e. The Morgan fingerprint density at radius 2 is 2.13 bits per heavy atom. The molecule has 0 bridgehead atoms. The van der Waals surface area contributed by atoms with E-state index in [4.69, 9.17) is 9.26 Å². The number of rotatable bonds is 6. The van der Waals surface area contributed by atoms with Crippen LogP contribution in [0.1, 0.15) is 23.2 Å². The summed E-state index contributed by atoms with van der Waals surface area (Å²) in [5.74, 6) is 0.762. The van der Waals surface area contributed by atoms with Crippen molar-refractivity contribution < 1.29 is 14.1 Å². The molecule has 6 nitrogen and oxygen atoms in total. The van der Waals surface area contributed by atoms with Crippen LogP contribution in [0.25, 0.3) is 11.4 Å². The van der Waals surface area contributed by atoms with Gasteiger partial charge in [-0.3, -0.25) is 0 Å². The lowest BCUT2D eigenvalue weighted by atomic mass is 10.2. The lowest BCUT2D eigenvalue weighted by Gasteiger charge is -2.05. The van der Waals surface area contributed by atoms with Crippen molar-refractivity contribution in [3.05, 3.63) is 52.5 Å². The van der Waals surface area contributed by atoms with Crippen molar-refractivity contribution >= 4 is 23.0 Å². The predicted molar refractivity (Wildman–Crippen MR) is 87.3 cm³/mol. The number of carbonyl (C=O) groups is 1. The van der Waals surface area contributed by atoms with E-state index in [1.807, 2.05) is 29.0 Å². The summed E-state index contributed by atoms with van der Waals surface area (Å²) in [5.41, 5.74) is 2.33. The molecule has 2 heterocycles. The minimum atomic E-state index is -0.323. The number of benzene rings is 1. The second-order valence-electron chi connectivity index (χ2n) is 4.68. The quantitative estimate of drug-likeness (QED) is 0.696. The molecular weight excluding hydrogens is 314 g/mol. The van der Waals surface area contributed by atoms with Crippen LogP contribution in [0.15, 0.2) is 45.6 Å². The summed E-state index contributed by atoms with van der Waals surface area (Å²) in [5, 5.41) is 11.1. The van der Waals surface area contributed by atoms with E-state index in [9.17, 15) is 4.79 Å². The lowest BCUT2D eigenvalue weighted by Crippen LogP contribution is -2.05. The van der Waals surface area contributed by atoms with Crippen LogP contribution in [0.3, 0.4) is 0 Å². The number of aromatic nitrogens is 2. The first-order chi connectivity index (χ1) is 11.3. The molecule has 0 spiro atoms. The van der Waals surface area contributed by atoms with Crippen molar-refractivity contribution in [1.29, 1.82) is 0 Å². The Kier molecular flexibility index (Phi) is 4.68. The zero-order valence-corrected chi connectivity index (χ0v) is 13.3. The number of anilines is 1. The van der Waals surface area contributed by atoms with Crippen molar-refractivity contribution in [1.82, 2.24) is 10.1 Å². The van der Waals surface area contributed by atoms with Crippen LogP contribution < -0.4 is 5.32 Å². The normalized spacial score (nSPS) is 10.5. The molecule has 0 atom stereocenters. The van der Waals surface area contributed by atoms with E-state index < -0.39 is 0 Å². The molecule has 23 heavy (non-hydrogen) atoms. The van der Waals surface area contributed by atoms with E-state index in [1.165, 1.54) is 0 Å². The van der Waals surface area contributed by atoms with E-state index in [1.54, 1.807) is 30.4 Å². The first kappa shape index (κ1) is 15.2. The average Bonchev–Trinajstić information content (AvgIpc) is 3.25. The van der Waals surface area contributed by atoms with Crippen molar-refractivity contribution in [3.63, 3.8) is 0 Å². The number of carbonyl (C=O) groups excluding carboxylic acids is 1. The molecule has 0 aliphatic heterocycles. The van der Waals surface area contributed by atoms with Gasteiger partial charge in [0.15, 0.2) is 0 Å². The van der Waals surface area contributed by atoms with E-state index in [0.29, 0.717) is 30.4 Å². The van der Waals surface area contributed by atoms with Crippen molar-refractivity contribution in [3.8, 4) is 11.4 Å². The number of thiophene rings is 1. The molecule has 0 aliphatic carbocycles. The molecule has 0 saturated carbocycles. The smallest absolute Gasteiger partial charge is 0.338 e. The predicted octanol–water partition coefficient (Wildman–Crippen LogP) is 3.59. The zero-order valence-electron chi connectivity index (χ0n) is 12.5. The highest BCUT2D eigenvalue weighted by atomic mass is 32.1. The zero-order chi connectivity index (χ0) is 16.1. The molecule has 0 saturated heterocycles. The van der Waals surface area contributed by atoms with Gasteiger partial charge in [0.1, 0.15) is 0 Å². The Bertz CT molecular complexity index is 766. The van der Waals surface area contributed by atoms with E-state index in [2.05, 4.69) is 15.5 Å². The Balaban J connectivity index is 1.59. The highest BCUT2D eigenvalue weighted by Gasteiger charge is 2.09. The van der Waals surface area contributed by atoms with E-state index in [-0.39, 0.29) is 5.97 Å². The molecule has 0 fully saturated rings. The van der Waals surface area contributed by atoms with Gasteiger partial charge in [-0.05, 0) is 42.6 Å². The molecule has 7 heteroatoms. The van der Waals surface area contributed by atoms with Crippen LogP contribution in [0.4, 0.5) is 5.69 Å². The fourth-order valence-corrected chi connectivity index (χ4v) is 2.59. The van der Waals surface area contributed by atoms with Gasteiger partial charge < -0.3 is 14.6 Å². The third-order valence-corrected chi connectivity index (χ3v) is 3.77. The van der Waals surface area contributed by atoms with Crippen molar-refractivity contribution in [2.45, 2.75) is 13.5 Å². The molecular formula is C16H15N3O3S. The number of esters is 1. The molecule has 1 aromatic carbocycles. The molecule has 3 aromatic rings. The van der Waals surface area contributed by atoms with E-state index >= 15 is 0 Å². The van der Waals surface area contributed by atoms with Crippen molar-refractivity contribution in [2.24, 2.45) is 0 Å².